The van der Waals surface area contributed by atoms with Gasteiger partial charge in [-0.3, -0.25) is 0 Å². The van der Waals surface area contributed by atoms with Crippen molar-refractivity contribution in [1.29, 1.82) is 5.26 Å². The van der Waals surface area contributed by atoms with Crippen molar-refractivity contribution >= 4 is 0 Å². The summed E-state index contributed by atoms with van der Waals surface area (Å²) in [5, 5.41) is 9.14. The van der Waals surface area contributed by atoms with E-state index in [-0.39, 0.29) is 5.54 Å². The van der Waals surface area contributed by atoms with Crippen LogP contribution in [0.1, 0.15) is 48.0 Å². The summed E-state index contributed by atoms with van der Waals surface area (Å²) in [6.45, 7) is 13.5. The summed E-state index contributed by atoms with van der Waals surface area (Å²) in [6, 6.07) is 2.32. The van der Waals surface area contributed by atoms with Gasteiger partial charge in [-0.2, -0.15) is 5.26 Å². The van der Waals surface area contributed by atoms with Gasteiger partial charge in [-0.05, 0) is 46.6 Å². The molecular weight excluding hydrogens is 172 g/mol. The maximum Gasteiger partial charge on any atom is 0.117 e. The summed E-state index contributed by atoms with van der Waals surface area (Å²) in [5.74, 6) is 0. The third-order valence-electron chi connectivity index (χ3n) is 2.44. The monoisotopic (exact) mass is 194 g/mol. The summed E-state index contributed by atoms with van der Waals surface area (Å²) in [4.78, 5) is 2.16. The van der Waals surface area contributed by atoms with Crippen LogP contribution in [0.3, 0.4) is 0 Å². The van der Waals surface area contributed by atoms with E-state index in [0.29, 0.717) is 0 Å². The van der Waals surface area contributed by atoms with Gasteiger partial charge in [0, 0.05) is 12.1 Å². The van der Waals surface area contributed by atoms with Gasteiger partial charge in [0.1, 0.15) is 11.8 Å². The van der Waals surface area contributed by atoms with Crippen molar-refractivity contribution in [2.45, 2.75) is 53.5 Å². The van der Waals surface area contributed by atoms with E-state index in [4.69, 9.17) is 5.26 Å². The molecule has 2 nitrogen and oxygen atoms in total. The molecular formula is C12H22N2. The standard InChI is InChI=1S/C12H22N2/c1-7-10(3)11(9-13)14(8-2)12(4,5)6/h7-8H2,1-6H3/b11-10+. The SMILES string of the molecule is CC/C(C)=C(\C#N)N(CC)C(C)(C)C. The molecule has 2 heteroatoms. The Morgan fingerprint density at radius 2 is 1.79 bits per heavy atom. The number of allylic oxidation sites excluding steroid dienone is 2. The van der Waals surface area contributed by atoms with Crippen LogP contribution in [0.2, 0.25) is 0 Å². The Balaban J connectivity index is 5.13. The van der Waals surface area contributed by atoms with E-state index in [1.165, 1.54) is 5.57 Å². The first kappa shape index (κ1) is 13.0. The molecule has 0 aliphatic heterocycles. The summed E-state index contributed by atoms with van der Waals surface area (Å²) < 4.78 is 0. The van der Waals surface area contributed by atoms with Crippen LogP contribution < -0.4 is 0 Å². The smallest absolute Gasteiger partial charge is 0.117 e. The highest BCUT2D eigenvalue weighted by Gasteiger charge is 2.22. The Kier molecular flexibility index (Phi) is 4.70. The van der Waals surface area contributed by atoms with Crippen molar-refractivity contribution in [3.8, 4) is 6.07 Å². The van der Waals surface area contributed by atoms with E-state index in [1.807, 2.05) is 6.92 Å². The molecule has 0 aliphatic rings. The molecule has 0 aromatic carbocycles. The lowest BCUT2D eigenvalue weighted by Gasteiger charge is -2.36. The number of nitriles is 1. The van der Waals surface area contributed by atoms with Gasteiger partial charge < -0.3 is 4.90 Å². The third-order valence-corrected chi connectivity index (χ3v) is 2.44. The molecule has 0 N–H and O–H groups in total. The lowest BCUT2D eigenvalue weighted by molar-refractivity contribution is 0.200. The van der Waals surface area contributed by atoms with Crippen molar-refractivity contribution in [2.24, 2.45) is 0 Å². The summed E-state index contributed by atoms with van der Waals surface area (Å²) >= 11 is 0. The summed E-state index contributed by atoms with van der Waals surface area (Å²) in [7, 11) is 0. The molecule has 0 aromatic rings. The fourth-order valence-electron chi connectivity index (χ4n) is 1.52. The van der Waals surface area contributed by atoms with Gasteiger partial charge in [0.2, 0.25) is 0 Å². The zero-order chi connectivity index (χ0) is 11.4. The van der Waals surface area contributed by atoms with Crippen LogP contribution in [-0.2, 0) is 0 Å². The molecule has 0 unspecified atom stereocenters. The van der Waals surface area contributed by atoms with Gasteiger partial charge in [0.15, 0.2) is 0 Å². The predicted molar refractivity (Wildman–Crippen MR) is 60.7 cm³/mol. The molecule has 0 saturated heterocycles. The molecule has 0 bridgehead atoms. The zero-order valence-corrected chi connectivity index (χ0v) is 10.3. The van der Waals surface area contributed by atoms with Crippen LogP contribution in [-0.4, -0.2) is 17.0 Å². The van der Waals surface area contributed by atoms with Crippen molar-refractivity contribution in [1.82, 2.24) is 4.90 Å². The topological polar surface area (TPSA) is 27.0 Å². The minimum absolute atomic E-state index is 0.0241. The van der Waals surface area contributed by atoms with E-state index in [2.05, 4.69) is 45.6 Å². The maximum absolute atomic E-state index is 9.14. The van der Waals surface area contributed by atoms with Crippen LogP contribution in [0.15, 0.2) is 11.3 Å². The minimum Gasteiger partial charge on any atom is -0.359 e. The lowest BCUT2D eigenvalue weighted by atomic mass is 10.0. The Hall–Kier alpha value is -0.970. The molecule has 0 saturated carbocycles. The molecule has 14 heavy (non-hydrogen) atoms. The normalized spacial score (nSPS) is 13.2. The molecule has 0 rings (SSSR count). The van der Waals surface area contributed by atoms with Crippen LogP contribution in [0.4, 0.5) is 0 Å². The highest BCUT2D eigenvalue weighted by molar-refractivity contribution is 5.26. The fraction of sp³-hybridized carbons (Fsp3) is 0.750. The second-order valence-corrected chi connectivity index (χ2v) is 4.51. The first-order valence-corrected chi connectivity index (χ1v) is 5.25. The summed E-state index contributed by atoms with van der Waals surface area (Å²) in [6.07, 6.45) is 0.940. The molecule has 80 valence electrons. The van der Waals surface area contributed by atoms with Gasteiger partial charge in [-0.25, -0.2) is 0 Å². The second kappa shape index (κ2) is 5.05. The van der Waals surface area contributed by atoms with E-state index in [9.17, 15) is 0 Å². The molecule has 0 fully saturated rings. The molecule has 0 radical (unpaired) electrons. The number of rotatable bonds is 3. The van der Waals surface area contributed by atoms with Crippen molar-refractivity contribution < 1.29 is 0 Å². The zero-order valence-electron chi connectivity index (χ0n) is 10.3. The molecule has 0 heterocycles. The van der Waals surface area contributed by atoms with Gasteiger partial charge in [-0.1, -0.05) is 6.92 Å². The molecule has 0 spiro atoms. The first-order chi connectivity index (χ1) is 6.38. The van der Waals surface area contributed by atoms with Crippen molar-refractivity contribution in [3.05, 3.63) is 11.3 Å². The minimum atomic E-state index is 0.0241. The van der Waals surface area contributed by atoms with Crippen LogP contribution in [0.25, 0.3) is 0 Å². The highest BCUT2D eigenvalue weighted by atomic mass is 15.2. The molecule has 0 aliphatic carbocycles. The van der Waals surface area contributed by atoms with Crippen molar-refractivity contribution in [3.63, 3.8) is 0 Å². The van der Waals surface area contributed by atoms with E-state index in [0.717, 1.165) is 18.7 Å². The van der Waals surface area contributed by atoms with Crippen LogP contribution >= 0.6 is 0 Å². The number of nitrogens with zero attached hydrogens (tertiary/aromatic N) is 2. The Morgan fingerprint density at radius 3 is 2.00 bits per heavy atom. The maximum atomic E-state index is 9.14. The van der Waals surface area contributed by atoms with E-state index < -0.39 is 0 Å². The second-order valence-electron chi connectivity index (χ2n) is 4.51. The quantitative estimate of drug-likeness (QED) is 0.644. The van der Waals surface area contributed by atoms with Gasteiger partial charge in [0.05, 0.1) is 0 Å². The lowest BCUT2D eigenvalue weighted by Crippen LogP contribution is -2.40. The van der Waals surface area contributed by atoms with E-state index >= 15 is 0 Å². The average molecular weight is 194 g/mol. The third kappa shape index (κ3) is 3.06. The largest absolute Gasteiger partial charge is 0.359 e. The van der Waals surface area contributed by atoms with Crippen molar-refractivity contribution in [2.75, 3.05) is 6.54 Å². The Labute approximate surface area is 88.2 Å². The first-order valence-electron chi connectivity index (χ1n) is 5.25. The van der Waals surface area contributed by atoms with Gasteiger partial charge in [0.25, 0.3) is 0 Å². The predicted octanol–water partition coefficient (Wildman–Crippen LogP) is 3.31. The highest BCUT2D eigenvalue weighted by Crippen LogP contribution is 2.22. The van der Waals surface area contributed by atoms with Crippen LogP contribution in [0, 0.1) is 11.3 Å². The fourth-order valence-corrected chi connectivity index (χ4v) is 1.52. The molecule has 0 aromatic heterocycles. The van der Waals surface area contributed by atoms with E-state index in [1.54, 1.807) is 0 Å². The Morgan fingerprint density at radius 1 is 1.29 bits per heavy atom. The summed E-state index contributed by atoms with van der Waals surface area (Å²) in [5.41, 5.74) is 2.03. The number of hydrogen-bond donors (Lipinski definition) is 0. The van der Waals surface area contributed by atoms with Gasteiger partial charge >= 0.3 is 0 Å². The van der Waals surface area contributed by atoms with Gasteiger partial charge in [-0.15, -0.1) is 0 Å². The Bertz CT molecular complexity index is 250. The number of hydrogen-bond acceptors (Lipinski definition) is 2. The van der Waals surface area contributed by atoms with Crippen LogP contribution in [0.5, 0.6) is 0 Å². The average Bonchev–Trinajstić information content (AvgIpc) is 2.10. The molecule has 0 atom stereocenters. The molecule has 0 amide bonds.